The number of esters is 1. The van der Waals surface area contributed by atoms with Gasteiger partial charge in [0.1, 0.15) is 5.82 Å². The van der Waals surface area contributed by atoms with Gasteiger partial charge in [0.05, 0.1) is 19.2 Å². The molecule has 0 saturated heterocycles. The summed E-state index contributed by atoms with van der Waals surface area (Å²) in [5, 5.41) is 5.22. The lowest BCUT2D eigenvalue weighted by Crippen LogP contribution is -2.22. The first-order valence-corrected chi connectivity index (χ1v) is 11.0. The van der Waals surface area contributed by atoms with Crippen molar-refractivity contribution in [3.8, 4) is 22.3 Å². The Kier molecular flexibility index (Phi) is 5.88. The van der Waals surface area contributed by atoms with E-state index in [-0.39, 0.29) is 12.1 Å². The van der Waals surface area contributed by atoms with Crippen LogP contribution in [-0.4, -0.2) is 32.2 Å². The molecule has 35 heavy (non-hydrogen) atoms. The number of carbonyl (C=O) groups is 1. The molecule has 0 unspecified atom stereocenters. The summed E-state index contributed by atoms with van der Waals surface area (Å²) in [6, 6.07) is 16.7. The van der Waals surface area contributed by atoms with E-state index in [1.807, 2.05) is 30.3 Å². The lowest BCUT2D eigenvalue weighted by molar-refractivity contribution is 0.0598. The van der Waals surface area contributed by atoms with Gasteiger partial charge < -0.3 is 4.74 Å². The molecule has 0 spiro atoms. The molecule has 0 aliphatic heterocycles. The van der Waals surface area contributed by atoms with E-state index in [0.717, 1.165) is 28.3 Å². The van der Waals surface area contributed by atoms with E-state index in [1.54, 1.807) is 30.7 Å². The van der Waals surface area contributed by atoms with Crippen molar-refractivity contribution in [1.82, 2.24) is 19.2 Å². The van der Waals surface area contributed by atoms with E-state index in [4.69, 9.17) is 16.3 Å². The molecule has 5 aromatic rings. The van der Waals surface area contributed by atoms with Crippen LogP contribution in [0.2, 0.25) is 5.02 Å². The average molecular weight is 489 g/mol. The lowest BCUT2D eigenvalue weighted by atomic mass is 9.96. The van der Waals surface area contributed by atoms with Crippen LogP contribution >= 0.6 is 11.6 Å². The number of hydrogen-bond acceptors (Lipinski definition) is 5. The number of rotatable bonds is 5. The SMILES string of the molecule is COC(=O)c1cc(F)ccc1Cn1nc2c(-c3ccncc3)c(-c3ccc(Cl)cc3)ccn2c1=O. The van der Waals surface area contributed by atoms with Gasteiger partial charge in [0.2, 0.25) is 0 Å². The number of methoxy groups -OCH3 is 1. The fourth-order valence-corrected chi connectivity index (χ4v) is 4.13. The highest BCUT2D eigenvalue weighted by molar-refractivity contribution is 6.30. The second-order valence-electron chi connectivity index (χ2n) is 7.77. The number of carbonyl (C=O) groups excluding carboxylic acids is 1. The molecule has 2 aromatic carbocycles. The van der Waals surface area contributed by atoms with E-state index in [2.05, 4.69) is 10.1 Å². The molecule has 0 amide bonds. The zero-order chi connectivity index (χ0) is 24.5. The van der Waals surface area contributed by atoms with Crippen LogP contribution < -0.4 is 5.69 Å². The topological polar surface area (TPSA) is 78.5 Å². The van der Waals surface area contributed by atoms with Crippen LogP contribution in [0.3, 0.4) is 0 Å². The Bertz CT molecular complexity index is 1610. The predicted octanol–water partition coefficient (Wildman–Crippen LogP) is 4.85. The third-order valence-corrected chi connectivity index (χ3v) is 5.93. The van der Waals surface area contributed by atoms with Crippen molar-refractivity contribution in [1.29, 1.82) is 0 Å². The zero-order valence-electron chi connectivity index (χ0n) is 18.5. The number of hydrogen-bond donors (Lipinski definition) is 0. The van der Waals surface area contributed by atoms with Crippen molar-refractivity contribution in [3.63, 3.8) is 0 Å². The molecule has 3 aromatic heterocycles. The van der Waals surface area contributed by atoms with Gasteiger partial charge in [0, 0.05) is 29.2 Å². The second kappa shape index (κ2) is 9.15. The Hall–Kier alpha value is -4.30. The molecule has 9 heteroatoms. The minimum absolute atomic E-state index is 0.0349. The highest BCUT2D eigenvalue weighted by Crippen LogP contribution is 2.34. The van der Waals surface area contributed by atoms with Gasteiger partial charge in [0.15, 0.2) is 5.65 Å². The fourth-order valence-electron chi connectivity index (χ4n) is 4.00. The molecular weight excluding hydrogens is 471 g/mol. The highest BCUT2D eigenvalue weighted by atomic mass is 35.5. The summed E-state index contributed by atoms with van der Waals surface area (Å²) in [6.45, 7) is -0.0444. The van der Waals surface area contributed by atoms with Crippen molar-refractivity contribution in [3.05, 3.63) is 112 Å². The number of halogens is 2. The van der Waals surface area contributed by atoms with Gasteiger partial charge in [-0.15, -0.1) is 5.10 Å². The van der Waals surface area contributed by atoms with Crippen LogP contribution in [0, 0.1) is 5.82 Å². The molecule has 0 radical (unpaired) electrons. The summed E-state index contributed by atoms with van der Waals surface area (Å²) in [6.07, 6.45) is 4.99. The third kappa shape index (κ3) is 4.20. The average Bonchev–Trinajstić information content (AvgIpc) is 3.20. The largest absolute Gasteiger partial charge is 0.465 e. The van der Waals surface area contributed by atoms with Gasteiger partial charge in [-0.05, 0) is 64.7 Å². The van der Waals surface area contributed by atoms with Crippen LogP contribution in [-0.2, 0) is 11.3 Å². The highest BCUT2D eigenvalue weighted by Gasteiger charge is 2.20. The van der Waals surface area contributed by atoms with Gasteiger partial charge in [-0.2, -0.15) is 0 Å². The molecule has 0 aliphatic rings. The van der Waals surface area contributed by atoms with E-state index in [1.165, 1.54) is 28.3 Å². The molecule has 5 rings (SSSR count). The molecule has 3 heterocycles. The van der Waals surface area contributed by atoms with Crippen LogP contribution in [0.4, 0.5) is 4.39 Å². The zero-order valence-corrected chi connectivity index (χ0v) is 19.2. The summed E-state index contributed by atoms with van der Waals surface area (Å²) < 4.78 is 21.2. The van der Waals surface area contributed by atoms with Gasteiger partial charge >= 0.3 is 11.7 Å². The predicted molar refractivity (Wildman–Crippen MR) is 130 cm³/mol. The lowest BCUT2D eigenvalue weighted by Gasteiger charge is -2.11. The molecule has 0 bridgehead atoms. The van der Waals surface area contributed by atoms with Crippen molar-refractivity contribution < 1.29 is 13.9 Å². The maximum Gasteiger partial charge on any atom is 0.350 e. The Labute approximate surface area is 204 Å². The molecule has 0 aliphatic carbocycles. The van der Waals surface area contributed by atoms with E-state index in [9.17, 15) is 14.0 Å². The summed E-state index contributed by atoms with van der Waals surface area (Å²) in [5.41, 5.74) is 3.78. The molecule has 0 fully saturated rings. The third-order valence-electron chi connectivity index (χ3n) is 5.68. The second-order valence-corrected chi connectivity index (χ2v) is 8.21. The van der Waals surface area contributed by atoms with Crippen molar-refractivity contribution in [2.24, 2.45) is 0 Å². The van der Waals surface area contributed by atoms with Gasteiger partial charge in [0.25, 0.3) is 0 Å². The van der Waals surface area contributed by atoms with Crippen molar-refractivity contribution >= 4 is 23.2 Å². The summed E-state index contributed by atoms with van der Waals surface area (Å²) in [4.78, 5) is 29.5. The first kappa shape index (κ1) is 22.5. The minimum Gasteiger partial charge on any atom is -0.465 e. The van der Waals surface area contributed by atoms with Crippen molar-refractivity contribution in [2.45, 2.75) is 6.54 Å². The van der Waals surface area contributed by atoms with Crippen LogP contribution in [0.25, 0.3) is 27.9 Å². The van der Waals surface area contributed by atoms with Crippen LogP contribution in [0.1, 0.15) is 15.9 Å². The first-order valence-electron chi connectivity index (χ1n) is 10.6. The molecule has 0 atom stereocenters. The molecular formula is C26H18ClFN4O3. The summed E-state index contributed by atoms with van der Waals surface area (Å²) >= 11 is 6.08. The minimum atomic E-state index is -0.696. The number of pyridine rings is 2. The smallest absolute Gasteiger partial charge is 0.350 e. The first-order chi connectivity index (χ1) is 17.0. The maximum atomic E-state index is 13.8. The van der Waals surface area contributed by atoms with Crippen molar-refractivity contribution in [2.75, 3.05) is 7.11 Å². The van der Waals surface area contributed by atoms with E-state index >= 15 is 0 Å². The number of benzene rings is 2. The Morgan fingerprint density at radius 1 is 1.03 bits per heavy atom. The summed E-state index contributed by atoms with van der Waals surface area (Å²) in [7, 11) is 1.22. The van der Waals surface area contributed by atoms with Crippen LogP contribution in [0.5, 0.6) is 0 Å². The van der Waals surface area contributed by atoms with E-state index < -0.39 is 17.5 Å². The van der Waals surface area contributed by atoms with Gasteiger partial charge in [-0.3, -0.25) is 4.98 Å². The number of ether oxygens (including phenoxy) is 1. The number of fused-ring (bicyclic) bond motifs is 1. The molecule has 7 nitrogen and oxygen atoms in total. The standard InChI is InChI=1S/C26H18ClFN4O3/c1-35-25(33)22-14-20(28)7-4-18(22)15-32-26(34)31-13-10-21(16-2-5-19(27)6-3-16)23(24(31)30-32)17-8-11-29-12-9-17/h2-14H,15H2,1H3. The van der Waals surface area contributed by atoms with E-state index in [0.29, 0.717) is 16.2 Å². The number of aromatic nitrogens is 4. The molecule has 0 N–H and O–H groups in total. The normalized spacial score (nSPS) is 11.1. The molecule has 0 saturated carbocycles. The van der Waals surface area contributed by atoms with Crippen LogP contribution in [0.15, 0.2) is 84.0 Å². The summed E-state index contributed by atoms with van der Waals surface area (Å²) in [5.74, 6) is -1.28. The Balaban J connectivity index is 1.71. The van der Waals surface area contributed by atoms with Gasteiger partial charge in [-0.1, -0.05) is 29.8 Å². The molecule has 174 valence electrons. The monoisotopic (exact) mass is 488 g/mol. The quantitative estimate of drug-likeness (QED) is 0.330. The maximum absolute atomic E-state index is 13.8. The Morgan fingerprint density at radius 2 is 1.77 bits per heavy atom. The number of nitrogens with zero attached hydrogens (tertiary/aromatic N) is 4. The fraction of sp³-hybridized carbons (Fsp3) is 0.0769. The Morgan fingerprint density at radius 3 is 2.49 bits per heavy atom. The van der Waals surface area contributed by atoms with Gasteiger partial charge in [-0.25, -0.2) is 23.1 Å².